The molecule has 6 heteroatoms. The molecule has 2 aromatic rings. The fourth-order valence-corrected chi connectivity index (χ4v) is 2.97. The summed E-state index contributed by atoms with van der Waals surface area (Å²) in [7, 11) is 0. The van der Waals surface area contributed by atoms with E-state index in [-0.39, 0.29) is 11.8 Å². The van der Waals surface area contributed by atoms with E-state index in [0.29, 0.717) is 18.5 Å². The molecule has 0 radical (unpaired) electrons. The first-order valence-corrected chi connectivity index (χ1v) is 6.91. The molecule has 1 aliphatic rings. The Balaban J connectivity index is 1.77. The van der Waals surface area contributed by atoms with Crippen LogP contribution in [-0.4, -0.2) is 22.8 Å². The second-order valence-electron chi connectivity index (χ2n) is 4.56. The number of nitrogens with zero attached hydrogens (tertiary/aromatic N) is 1. The average Bonchev–Trinajstić information content (AvgIpc) is 2.93. The van der Waals surface area contributed by atoms with Crippen molar-refractivity contribution in [2.45, 2.75) is 25.8 Å². The van der Waals surface area contributed by atoms with E-state index in [2.05, 4.69) is 15.6 Å². The van der Waals surface area contributed by atoms with Gasteiger partial charge in [-0.05, 0) is 31.5 Å². The quantitative estimate of drug-likeness (QED) is 0.878. The molecular weight excluding hydrogens is 262 g/mol. The molecule has 1 fully saturated rings. The number of nitrogens with one attached hydrogen (secondary N) is 2. The third-order valence-electron chi connectivity index (χ3n) is 3.07. The summed E-state index contributed by atoms with van der Waals surface area (Å²) in [6, 6.07) is 5.24. The zero-order valence-electron chi connectivity index (χ0n) is 10.4. The number of carbonyl (C=O) groups excluding carboxylic acids is 2. The highest BCUT2D eigenvalue weighted by molar-refractivity contribution is 7.18. The Morgan fingerprint density at radius 2 is 2.37 bits per heavy atom. The van der Waals surface area contributed by atoms with Crippen LogP contribution in [0.15, 0.2) is 18.2 Å². The van der Waals surface area contributed by atoms with Crippen LogP contribution in [0.2, 0.25) is 0 Å². The van der Waals surface area contributed by atoms with Crippen molar-refractivity contribution >= 4 is 39.1 Å². The molecule has 1 aromatic heterocycles. The summed E-state index contributed by atoms with van der Waals surface area (Å²) in [6.45, 7) is 1.96. The van der Waals surface area contributed by atoms with Crippen molar-refractivity contribution in [2.75, 3.05) is 5.32 Å². The van der Waals surface area contributed by atoms with Gasteiger partial charge in [-0.15, -0.1) is 11.3 Å². The van der Waals surface area contributed by atoms with Crippen molar-refractivity contribution in [2.24, 2.45) is 0 Å². The van der Waals surface area contributed by atoms with Gasteiger partial charge in [0.15, 0.2) is 0 Å². The third kappa shape index (κ3) is 2.44. The Bertz CT molecular complexity index is 665. The van der Waals surface area contributed by atoms with Crippen molar-refractivity contribution in [1.29, 1.82) is 0 Å². The van der Waals surface area contributed by atoms with E-state index in [1.54, 1.807) is 11.3 Å². The van der Waals surface area contributed by atoms with Crippen LogP contribution in [0.5, 0.6) is 0 Å². The molecule has 1 unspecified atom stereocenters. The number of carbonyl (C=O) groups is 2. The average molecular weight is 275 g/mol. The van der Waals surface area contributed by atoms with Crippen LogP contribution in [0.4, 0.5) is 5.69 Å². The van der Waals surface area contributed by atoms with Gasteiger partial charge >= 0.3 is 0 Å². The number of fused-ring (bicyclic) bond motifs is 1. The van der Waals surface area contributed by atoms with Crippen molar-refractivity contribution in [1.82, 2.24) is 10.3 Å². The number of benzene rings is 1. The zero-order chi connectivity index (χ0) is 13.4. The van der Waals surface area contributed by atoms with Gasteiger partial charge in [-0.2, -0.15) is 0 Å². The van der Waals surface area contributed by atoms with Gasteiger partial charge in [0.2, 0.25) is 11.8 Å². The first-order chi connectivity index (χ1) is 9.11. The summed E-state index contributed by atoms with van der Waals surface area (Å²) in [5.41, 5.74) is 1.60. The highest BCUT2D eigenvalue weighted by Crippen LogP contribution is 2.24. The van der Waals surface area contributed by atoms with E-state index in [1.807, 2.05) is 25.1 Å². The van der Waals surface area contributed by atoms with Crippen LogP contribution in [0.1, 0.15) is 17.8 Å². The second kappa shape index (κ2) is 4.62. The molecule has 0 spiro atoms. The Morgan fingerprint density at radius 1 is 1.53 bits per heavy atom. The normalized spacial score (nSPS) is 18.6. The van der Waals surface area contributed by atoms with E-state index >= 15 is 0 Å². The summed E-state index contributed by atoms with van der Waals surface area (Å²) < 4.78 is 1.10. The number of anilines is 1. The van der Waals surface area contributed by atoms with Crippen molar-refractivity contribution in [3.8, 4) is 0 Å². The van der Waals surface area contributed by atoms with Crippen LogP contribution in [0.25, 0.3) is 10.2 Å². The topological polar surface area (TPSA) is 71.1 Å². The Kier molecular flexibility index (Phi) is 2.94. The number of amides is 2. The summed E-state index contributed by atoms with van der Waals surface area (Å²) >= 11 is 1.62. The molecule has 1 aromatic carbocycles. The first-order valence-electron chi connectivity index (χ1n) is 6.09. The van der Waals surface area contributed by atoms with Crippen LogP contribution >= 0.6 is 11.3 Å². The van der Waals surface area contributed by atoms with Gasteiger partial charge in [0, 0.05) is 12.1 Å². The highest BCUT2D eigenvalue weighted by atomic mass is 32.1. The van der Waals surface area contributed by atoms with Crippen molar-refractivity contribution < 1.29 is 9.59 Å². The Hall–Kier alpha value is -1.95. The molecule has 2 amide bonds. The summed E-state index contributed by atoms with van der Waals surface area (Å²) in [6.07, 6.45) is 0.977. The maximum Gasteiger partial charge on any atom is 0.246 e. The monoisotopic (exact) mass is 275 g/mol. The molecule has 1 saturated heterocycles. The summed E-state index contributed by atoms with van der Waals surface area (Å²) in [5, 5.41) is 6.47. The van der Waals surface area contributed by atoms with Gasteiger partial charge < -0.3 is 10.6 Å². The van der Waals surface area contributed by atoms with Crippen molar-refractivity contribution in [3.63, 3.8) is 0 Å². The van der Waals surface area contributed by atoms with Gasteiger partial charge in [0.25, 0.3) is 0 Å². The molecule has 0 saturated carbocycles. The van der Waals surface area contributed by atoms with Crippen LogP contribution in [-0.2, 0) is 9.59 Å². The molecule has 0 aliphatic carbocycles. The number of rotatable bonds is 2. The first kappa shape index (κ1) is 12.1. The lowest BCUT2D eigenvalue weighted by Crippen LogP contribution is -2.37. The smallest absolute Gasteiger partial charge is 0.246 e. The van der Waals surface area contributed by atoms with Crippen molar-refractivity contribution in [3.05, 3.63) is 23.2 Å². The molecule has 2 heterocycles. The SMILES string of the molecule is Cc1nc2cc(NC(=O)C3CCC(=O)N3)ccc2s1. The lowest BCUT2D eigenvalue weighted by molar-refractivity contribution is -0.122. The van der Waals surface area contributed by atoms with Crippen LogP contribution < -0.4 is 10.6 Å². The standard InChI is InChI=1S/C13H13N3O2S/c1-7-14-10-6-8(2-4-11(10)19-7)15-13(18)9-3-5-12(17)16-9/h2,4,6,9H,3,5H2,1H3,(H,15,18)(H,16,17). The van der Waals surface area contributed by atoms with Gasteiger partial charge in [0.05, 0.1) is 15.2 Å². The number of hydrogen-bond acceptors (Lipinski definition) is 4. The second-order valence-corrected chi connectivity index (χ2v) is 5.80. The lowest BCUT2D eigenvalue weighted by Gasteiger charge is -2.10. The molecule has 2 N–H and O–H groups in total. The van der Waals surface area contributed by atoms with E-state index in [0.717, 1.165) is 15.2 Å². The van der Waals surface area contributed by atoms with Gasteiger partial charge in [0.1, 0.15) is 6.04 Å². The molecule has 19 heavy (non-hydrogen) atoms. The highest BCUT2D eigenvalue weighted by Gasteiger charge is 2.27. The van der Waals surface area contributed by atoms with E-state index in [4.69, 9.17) is 0 Å². The van der Waals surface area contributed by atoms with Gasteiger partial charge in [-0.1, -0.05) is 0 Å². The molecule has 98 valence electrons. The molecule has 3 rings (SSSR count). The molecule has 5 nitrogen and oxygen atoms in total. The fraction of sp³-hybridized carbons (Fsp3) is 0.308. The molecular formula is C13H13N3O2S. The predicted molar refractivity (Wildman–Crippen MR) is 74.2 cm³/mol. The predicted octanol–water partition coefficient (Wildman–Crippen LogP) is 1.82. The summed E-state index contributed by atoms with van der Waals surface area (Å²) in [4.78, 5) is 27.4. The maximum atomic E-state index is 12.0. The molecule has 1 atom stereocenters. The lowest BCUT2D eigenvalue weighted by atomic mass is 10.2. The van der Waals surface area contributed by atoms with E-state index in [1.165, 1.54) is 0 Å². The minimum Gasteiger partial charge on any atom is -0.344 e. The summed E-state index contributed by atoms with van der Waals surface area (Å²) in [5.74, 6) is -0.233. The Labute approximate surface area is 114 Å². The van der Waals surface area contributed by atoms with Crippen LogP contribution in [0, 0.1) is 6.92 Å². The zero-order valence-corrected chi connectivity index (χ0v) is 11.2. The van der Waals surface area contributed by atoms with E-state index in [9.17, 15) is 9.59 Å². The number of aromatic nitrogens is 1. The number of aryl methyl sites for hydroxylation is 1. The minimum atomic E-state index is -0.416. The number of hydrogen-bond donors (Lipinski definition) is 2. The molecule has 0 bridgehead atoms. The third-order valence-corrected chi connectivity index (χ3v) is 4.03. The minimum absolute atomic E-state index is 0.0641. The molecule has 1 aliphatic heterocycles. The number of thiazole rings is 1. The van der Waals surface area contributed by atoms with Gasteiger partial charge in [-0.25, -0.2) is 4.98 Å². The van der Waals surface area contributed by atoms with E-state index < -0.39 is 6.04 Å². The van der Waals surface area contributed by atoms with Gasteiger partial charge in [-0.3, -0.25) is 9.59 Å². The maximum absolute atomic E-state index is 12.0. The fourth-order valence-electron chi connectivity index (χ4n) is 2.16. The largest absolute Gasteiger partial charge is 0.344 e. The Morgan fingerprint density at radius 3 is 3.11 bits per heavy atom. The van der Waals surface area contributed by atoms with Crippen LogP contribution in [0.3, 0.4) is 0 Å².